The van der Waals surface area contributed by atoms with Crippen LogP contribution in [0.25, 0.3) is 0 Å². The first-order valence-electron chi connectivity index (χ1n) is 5.74. The van der Waals surface area contributed by atoms with Gasteiger partial charge >= 0.3 is 0 Å². The van der Waals surface area contributed by atoms with Crippen LogP contribution in [0.1, 0.15) is 36.3 Å². The smallest absolute Gasteiger partial charge is 0.246 e. The molecule has 0 aromatic carbocycles. The highest BCUT2D eigenvalue weighted by Crippen LogP contribution is 2.38. The third kappa shape index (κ3) is 2.18. The van der Waals surface area contributed by atoms with Crippen molar-refractivity contribution in [1.29, 1.82) is 5.26 Å². The Kier molecular flexibility index (Phi) is 3.16. The first-order chi connectivity index (χ1) is 8.07. The van der Waals surface area contributed by atoms with Gasteiger partial charge in [-0.25, -0.2) is 4.98 Å². The Labute approximate surface area is 105 Å². The molecule has 1 aliphatic rings. The first-order valence-corrected chi connectivity index (χ1v) is 6.56. The Morgan fingerprint density at radius 2 is 2.12 bits per heavy atom. The van der Waals surface area contributed by atoms with E-state index in [1.165, 1.54) is 11.3 Å². The molecule has 1 amide bonds. The quantitative estimate of drug-likeness (QED) is 0.876. The van der Waals surface area contributed by atoms with Gasteiger partial charge in [-0.2, -0.15) is 5.26 Å². The van der Waals surface area contributed by atoms with Crippen LogP contribution in [-0.2, 0) is 4.79 Å². The third-order valence-corrected chi connectivity index (χ3v) is 4.34. The summed E-state index contributed by atoms with van der Waals surface area (Å²) < 4.78 is 0. The number of carbonyl (C=O) groups is 1. The molecule has 1 aliphatic carbocycles. The van der Waals surface area contributed by atoms with Crippen molar-refractivity contribution in [2.45, 2.75) is 39.5 Å². The van der Waals surface area contributed by atoms with E-state index in [1.807, 2.05) is 13.8 Å². The molecule has 1 heterocycles. The second-order valence-corrected chi connectivity index (χ2v) is 5.72. The van der Waals surface area contributed by atoms with E-state index in [2.05, 4.69) is 16.4 Å². The number of nitrogens with one attached hydrogen (secondary N) is 1. The summed E-state index contributed by atoms with van der Waals surface area (Å²) in [5, 5.41) is 12.6. The topological polar surface area (TPSA) is 65.8 Å². The summed E-state index contributed by atoms with van der Waals surface area (Å²) in [7, 11) is 0. The zero-order valence-corrected chi connectivity index (χ0v) is 10.9. The van der Waals surface area contributed by atoms with Crippen LogP contribution >= 0.6 is 11.3 Å². The lowest BCUT2D eigenvalue weighted by Crippen LogP contribution is -2.32. The van der Waals surface area contributed by atoms with Crippen LogP contribution < -0.4 is 5.32 Å². The maximum atomic E-state index is 12.1. The maximum absolute atomic E-state index is 12.1. The molecule has 2 rings (SSSR count). The Morgan fingerprint density at radius 1 is 1.47 bits per heavy atom. The monoisotopic (exact) mass is 249 g/mol. The number of rotatable bonds is 2. The van der Waals surface area contributed by atoms with Gasteiger partial charge in [0, 0.05) is 4.88 Å². The number of nitriles is 1. The van der Waals surface area contributed by atoms with Gasteiger partial charge in [-0.05, 0) is 26.7 Å². The molecule has 1 N–H and O–H groups in total. The average molecular weight is 249 g/mol. The maximum Gasteiger partial charge on any atom is 0.246 e. The van der Waals surface area contributed by atoms with Crippen molar-refractivity contribution in [3.05, 3.63) is 10.6 Å². The van der Waals surface area contributed by atoms with E-state index in [9.17, 15) is 10.1 Å². The molecular formula is C12H15N3OS. The predicted octanol–water partition coefficient (Wildman–Crippen LogP) is 2.78. The number of carbonyl (C=O) groups excluding carboxylic acids is 1. The fourth-order valence-corrected chi connectivity index (χ4v) is 2.92. The molecule has 0 atom stereocenters. The molecule has 1 aromatic heterocycles. The highest BCUT2D eigenvalue weighted by Gasteiger charge is 2.41. The lowest BCUT2D eigenvalue weighted by Gasteiger charge is -2.17. The highest BCUT2D eigenvalue weighted by molar-refractivity contribution is 7.15. The Morgan fingerprint density at radius 3 is 2.59 bits per heavy atom. The Hall–Kier alpha value is -1.41. The van der Waals surface area contributed by atoms with Gasteiger partial charge in [0.05, 0.1) is 11.8 Å². The number of thiazole rings is 1. The lowest BCUT2D eigenvalue weighted by molar-refractivity contribution is -0.122. The van der Waals surface area contributed by atoms with Gasteiger partial charge in [0.25, 0.3) is 0 Å². The molecule has 1 aromatic rings. The van der Waals surface area contributed by atoms with Crippen molar-refractivity contribution in [3.63, 3.8) is 0 Å². The molecule has 0 aliphatic heterocycles. The predicted molar refractivity (Wildman–Crippen MR) is 66.7 cm³/mol. The largest absolute Gasteiger partial charge is 0.301 e. The van der Waals surface area contributed by atoms with Gasteiger partial charge in [0.15, 0.2) is 5.13 Å². The molecule has 5 heteroatoms. The molecule has 0 saturated heterocycles. The summed E-state index contributed by atoms with van der Waals surface area (Å²) in [5.41, 5.74) is 0.107. The second-order valence-electron chi connectivity index (χ2n) is 4.52. The number of hydrogen-bond acceptors (Lipinski definition) is 4. The van der Waals surface area contributed by atoms with Gasteiger partial charge in [0.1, 0.15) is 5.41 Å². The standard InChI is InChI=1S/C12H15N3OS/c1-8-9(2)17-11(14-8)15-10(16)12(7-13)5-3-4-6-12/h3-6H2,1-2H3,(H,14,15,16). The van der Waals surface area contributed by atoms with Crippen molar-refractivity contribution in [3.8, 4) is 6.07 Å². The normalized spacial score (nSPS) is 17.7. The highest BCUT2D eigenvalue weighted by atomic mass is 32.1. The third-order valence-electron chi connectivity index (χ3n) is 3.35. The molecule has 1 fully saturated rings. The fourth-order valence-electron chi connectivity index (χ4n) is 2.11. The van der Waals surface area contributed by atoms with Crippen LogP contribution in [0.5, 0.6) is 0 Å². The summed E-state index contributed by atoms with van der Waals surface area (Å²) in [4.78, 5) is 17.5. The average Bonchev–Trinajstić information content (AvgIpc) is 2.88. The Bertz CT molecular complexity index is 461. The van der Waals surface area contributed by atoms with Crippen LogP contribution in [0.3, 0.4) is 0 Å². The van der Waals surface area contributed by atoms with E-state index in [0.29, 0.717) is 18.0 Å². The minimum absolute atomic E-state index is 0.189. The van der Waals surface area contributed by atoms with Gasteiger partial charge in [0.2, 0.25) is 5.91 Å². The summed E-state index contributed by atoms with van der Waals surface area (Å²) in [6, 6.07) is 2.18. The molecule has 0 spiro atoms. The van der Waals surface area contributed by atoms with Crippen molar-refractivity contribution < 1.29 is 4.79 Å². The van der Waals surface area contributed by atoms with Crippen molar-refractivity contribution in [2.24, 2.45) is 5.41 Å². The van der Waals surface area contributed by atoms with Crippen molar-refractivity contribution >= 4 is 22.4 Å². The summed E-state index contributed by atoms with van der Waals surface area (Å²) in [6.07, 6.45) is 3.24. The van der Waals surface area contributed by atoms with Crippen LogP contribution in [0.2, 0.25) is 0 Å². The number of nitrogens with zero attached hydrogens (tertiary/aromatic N) is 2. The van der Waals surface area contributed by atoms with E-state index in [0.717, 1.165) is 23.4 Å². The number of amides is 1. The van der Waals surface area contributed by atoms with E-state index in [4.69, 9.17) is 0 Å². The molecule has 4 nitrogen and oxygen atoms in total. The fraction of sp³-hybridized carbons (Fsp3) is 0.583. The minimum atomic E-state index is -0.826. The first kappa shape index (κ1) is 12.1. The van der Waals surface area contributed by atoms with E-state index in [1.54, 1.807) is 0 Å². The summed E-state index contributed by atoms with van der Waals surface area (Å²) >= 11 is 1.46. The minimum Gasteiger partial charge on any atom is -0.301 e. The molecule has 0 radical (unpaired) electrons. The van der Waals surface area contributed by atoms with Gasteiger partial charge in [-0.15, -0.1) is 11.3 Å². The second kappa shape index (κ2) is 4.46. The summed E-state index contributed by atoms with van der Waals surface area (Å²) in [5.74, 6) is -0.189. The SMILES string of the molecule is Cc1nc(NC(=O)C2(C#N)CCCC2)sc1C. The van der Waals surface area contributed by atoms with Gasteiger partial charge in [-0.1, -0.05) is 12.8 Å². The van der Waals surface area contributed by atoms with Gasteiger partial charge < -0.3 is 5.32 Å². The van der Waals surface area contributed by atoms with Crippen molar-refractivity contribution in [2.75, 3.05) is 5.32 Å². The number of aryl methyl sites for hydroxylation is 2. The number of anilines is 1. The van der Waals surface area contributed by atoms with E-state index in [-0.39, 0.29) is 5.91 Å². The van der Waals surface area contributed by atoms with E-state index < -0.39 is 5.41 Å². The van der Waals surface area contributed by atoms with Crippen molar-refractivity contribution in [1.82, 2.24) is 4.98 Å². The van der Waals surface area contributed by atoms with Crippen LogP contribution in [-0.4, -0.2) is 10.9 Å². The zero-order valence-electron chi connectivity index (χ0n) is 10.0. The van der Waals surface area contributed by atoms with E-state index >= 15 is 0 Å². The lowest BCUT2D eigenvalue weighted by atomic mass is 9.87. The molecular weight excluding hydrogens is 234 g/mol. The zero-order chi connectivity index (χ0) is 12.5. The molecule has 17 heavy (non-hydrogen) atoms. The molecule has 90 valence electrons. The number of hydrogen-bond donors (Lipinski definition) is 1. The molecule has 0 unspecified atom stereocenters. The van der Waals surface area contributed by atoms with Crippen LogP contribution in [0.15, 0.2) is 0 Å². The van der Waals surface area contributed by atoms with Crippen LogP contribution in [0.4, 0.5) is 5.13 Å². The summed E-state index contributed by atoms with van der Waals surface area (Å²) in [6.45, 7) is 3.88. The molecule has 0 bridgehead atoms. The molecule has 1 saturated carbocycles. The number of aromatic nitrogens is 1. The van der Waals surface area contributed by atoms with Crippen LogP contribution in [0, 0.1) is 30.6 Å². The van der Waals surface area contributed by atoms with Gasteiger partial charge in [-0.3, -0.25) is 4.79 Å². The Balaban J connectivity index is 2.14.